The molecule has 34 heavy (non-hydrogen) atoms. The van der Waals surface area contributed by atoms with Gasteiger partial charge in [0, 0.05) is 28.2 Å². The lowest BCUT2D eigenvalue weighted by molar-refractivity contribution is -0.144. The summed E-state index contributed by atoms with van der Waals surface area (Å²) in [6.07, 6.45) is 3.52. The third-order valence-corrected chi connectivity index (χ3v) is 9.49. The first-order chi connectivity index (χ1) is 16.3. The summed E-state index contributed by atoms with van der Waals surface area (Å²) < 4.78 is 5.36. The molecule has 3 aromatic rings. The first-order valence-electron chi connectivity index (χ1n) is 12.0. The maximum Gasteiger partial charge on any atom is 0.221 e. The number of benzene rings is 1. The summed E-state index contributed by atoms with van der Waals surface area (Å²) in [5.74, 6) is 0.633. The second-order valence-electron chi connectivity index (χ2n) is 10.3. The van der Waals surface area contributed by atoms with Crippen LogP contribution in [0, 0.1) is 16.7 Å². The highest BCUT2D eigenvalue weighted by Gasteiger charge is 2.59. The van der Waals surface area contributed by atoms with E-state index in [1.807, 2.05) is 37.3 Å². The van der Waals surface area contributed by atoms with Crippen molar-refractivity contribution in [1.29, 1.82) is 0 Å². The molecule has 0 unspecified atom stereocenters. The third kappa shape index (κ3) is 3.89. The van der Waals surface area contributed by atoms with Gasteiger partial charge in [0.15, 0.2) is 0 Å². The number of aliphatic hydroxyl groups is 2. The molecule has 5 rings (SSSR count). The number of nitrogens with zero attached hydrogens (tertiary/aromatic N) is 1. The van der Waals surface area contributed by atoms with Crippen molar-refractivity contribution in [3.63, 3.8) is 0 Å². The Morgan fingerprint density at radius 1 is 1.24 bits per heavy atom. The summed E-state index contributed by atoms with van der Waals surface area (Å²) in [5, 5.41) is 25.3. The molecule has 1 aromatic carbocycles. The van der Waals surface area contributed by atoms with Crippen molar-refractivity contribution in [1.82, 2.24) is 10.3 Å². The average Bonchev–Trinajstić information content (AvgIpc) is 3.52. The number of fused-ring (bicyclic) bond motifs is 2. The molecule has 0 bridgehead atoms. The fraction of sp³-hybridized carbons (Fsp3) is 0.481. The molecule has 2 aliphatic carbocycles. The number of aliphatic hydroxyl groups excluding tert-OH is 2. The number of amides is 1. The van der Waals surface area contributed by atoms with Crippen LogP contribution in [0.25, 0.3) is 10.6 Å². The van der Waals surface area contributed by atoms with Gasteiger partial charge < -0.3 is 19.9 Å². The molecule has 1 fully saturated rings. The van der Waals surface area contributed by atoms with Gasteiger partial charge in [0.25, 0.3) is 0 Å². The first-order valence-corrected chi connectivity index (χ1v) is 12.8. The topological polar surface area (TPSA) is 95.6 Å². The number of nitrogens with one attached hydrogen (secondary N) is 1. The third-order valence-electron chi connectivity index (χ3n) is 8.34. The van der Waals surface area contributed by atoms with E-state index in [-0.39, 0.29) is 29.8 Å². The molecule has 2 heterocycles. The lowest BCUT2D eigenvalue weighted by Gasteiger charge is -2.58. The van der Waals surface area contributed by atoms with Crippen LogP contribution in [0.2, 0.25) is 0 Å². The Morgan fingerprint density at radius 2 is 2.03 bits per heavy atom. The molecule has 0 aliphatic heterocycles. The van der Waals surface area contributed by atoms with Crippen molar-refractivity contribution >= 4 is 17.2 Å². The van der Waals surface area contributed by atoms with E-state index < -0.39 is 11.5 Å². The Balaban J connectivity index is 1.52. The van der Waals surface area contributed by atoms with Crippen LogP contribution >= 0.6 is 11.3 Å². The summed E-state index contributed by atoms with van der Waals surface area (Å²) in [5.41, 5.74) is 1.20. The van der Waals surface area contributed by atoms with Gasteiger partial charge in [0.05, 0.1) is 31.2 Å². The van der Waals surface area contributed by atoms with E-state index in [2.05, 4.69) is 24.4 Å². The Labute approximate surface area is 204 Å². The molecule has 6 nitrogen and oxygen atoms in total. The second kappa shape index (κ2) is 8.95. The van der Waals surface area contributed by atoms with Crippen LogP contribution in [0.15, 0.2) is 53.1 Å². The Bertz CT molecular complexity index is 1140. The zero-order valence-corrected chi connectivity index (χ0v) is 20.5. The SMILES string of the molecule is C[C@]1(CO)[C@H]2Cc3sc(-c4ccccc4)nc3[C@@H](CC(=O)NCc3ccco3)[C@]2(C)CC[C@H]1O. The number of hydrogen-bond acceptors (Lipinski definition) is 6. The van der Waals surface area contributed by atoms with E-state index in [4.69, 9.17) is 9.40 Å². The van der Waals surface area contributed by atoms with Gasteiger partial charge in [-0.15, -0.1) is 11.3 Å². The molecule has 1 amide bonds. The van der Waals surface area contributed by atoms with E-state index in [1.165, 1.54) is 4.88 Å². The van der Waals surface area contributed by atoms with Crippen LogP contribution in [0.4, 0.5) is 0 Å². The molecule has 2 aromatic heterocycles. The highest BCUT2D eigenvalue weighted by Crippen LogP contribution is 2.62. The maximum absolute atomic E-state index is 13.1. The van der Waals surface area contributed by atoms with Gasteiger partial charge in [-0.2, -0.15) is 0 Å². The Hall–Kier alpha value is -2.48. The normalized spacial score (nSPS) is 30.4. The van der Waals surface area contributed by atoms with E-state index in [0.29, 0.717) is 19.4 Å². The second-order valence-corrected chi connectivity index (χ2v) is 11.4. The number of carbonyl (C=O) groups excluding carboxylic acids is 1. The fourth-order valence-corrected chi connectivity index (χ4v) is 7.38. The zero-order chi connectivity index (χ0) is 23.9. The molecule has 0 spiro atoms. The summed E-state index contributed by atoms with van der Waals surface area (Å²) in [6, 6.07) is 13.8. The van der Waals surface area contributed by atoms with Gasteiger partial charge in [-0.25, -0.2) is 4.98 Å². The van der Waals surface area contributed by atoms with Crippen molar-refractivity contribution in [2.24, 2.45) is 16.7 Å². The molecule has 0 radical (unpaired) electrons. The highest BCUT2D eigenvalue weighted by molar-refractivity contribution is 7.15. The minimum atomic E-state index is -0.621. The van der Waals surface area contributed by atoms with E-state index in [1.54, 1.807) is 17.6 Å². The van der Waals surface area contributed by atoms with Crippen LogP contribution in [-0.4, -0.2) is 33.8 Å². The number of carbonyl (C=O) groups is 1. The fourth-order valence-electron chi connectivity index (χ4n) is 6.21. The van der Waals surface area contributed by atoms with Gasteiger partial charge >= 0.3 is 0 Å². The summed E-state index contributed by atoms with van der Waals surface area (Å²) in [4.78, 5) is 19.4. The number of rotatable bonds is 6. The number of aromatic nitrogens is 1. The number of hydrogen-bond donors (Lipinski definition) is 3. The van der Waals surface area contributed by atoms with Crippen molar-refractivity contribution in [3.8, 4) is 10.6 Å². The molecule has 2 aliphatic rings. The first kappa shape index (κ1) is 23.3. The lowest BCUT2D eigenvalue weighted by atomic mass is 9.47. The Kier molecular flexibility index (Phi) is 6.12. The molecule has 7 heteroatoms. The zero-order valence-electron chi connectivity index (χ0n) is 19.7. The molecule has 3 N–H and O–H groups in total. The summed E-state index contributed by atoms with van der Waals surface area (Å²) >= 11 is 1.68. The quantitative estimate of drug-likeness (QED) is 0.482. The van der Waals surface area contributed by atoms with Gasteiger partial charge in [-0.3, -0.25) is 4.79 Å². The smallest absolute Gasteiger partial charge is 0.221 e. The van der Waals surface area contributed by atoms with Crippen molar-refractivity contribution in [3.05, 3.63) is 65.1 Å². The van der Waals surface area contributed by atoms with E-state index in [9.17, 15) is 15.0 Å². The molecule has 180 valence electrons. The maximum atomic E-state index is 13.1. The summed E-state index contributed by atoms with van der Waals surface area (Å²) in [7, 11) is 0. The minimum Gasteiger partial charge on any atom is -0.467 e. The van der Waals surface area contributed by atoms with Crippen molar-refractivity contribution < 1.29 is 19.4 Å². The number of thiazole rings is 1. The van der Waals surface area contributed by atoms with Crippen LogP contribution in [0.5, 0.6) is 0 Å². The monoisotopic (exact) mass is 480 g/mol. The summed E-state index contributed by atoms with van der Waals surface area (Å²) in [6.45, 7) is 4.50. The average molecular weight is 481 g/mol. The predicted molar refractivity (Wildman–Crippen MR) is 131 cm³/mol. The molecule has 1 saturated carbocycles. The van der Waals surface area contributed by atoms with Crippen molar-refractivity contribution in [2.45, 2.75) is 58.1 Å². The van der Waals surface area contributed by atoms with Gasteiger partial charge in [-0.05, 0) is 42.7 Å². The predicted octanol–water partition coefficient (Wildman–Crippen LogP) is 4.53. The number of furan rings is 1. The van der Waals surface area contributed by atoms with Crippen LogP contribution < -0.4 is 5.32 Å². The highest BCUT2D eigenvalue weighted by atomic mass is 32.1. The minimum absolute atomic E-state index is 0.0414. The largest absolute Gasteiger partial charge is 0.467 e. The molecule has 5 atom stereocenters. The van der Waals surface area contributed by atoms with E-state index >= 15 is 0 Å². The lowest BCUT2D eigenvalue weighted by Crippen LogP contribution is -2.57. The van der Waals surface area contributed by atoms with E-state index in [0.717, 1.165) is 34.9 Å². The van der Waals surface area contributed by atoms with Crippen LogP contribution in [0.1, 0.15) is 55.4 Å². The van der Waals surface area contributed by atoms with Crippen LogP contribution in [0.3, 0.4) is 0 Å². The van der Waals surface area contributed by atoms with Gasteiger partial charge in [0.2, 0.25) is 5.91 Å². The van der Waals surface area contributed by atoms with Gasteiger partial charge in [0.1, 0.15) is 10.8 Å². The Morgan fingerprint density at radius 3 is 2.74 bits per heavy atom. The van der Waals surface area contributed by atoms with Crippen molar-refractivity contribution in [2.75, 3.05) is 6.61 Å². The molecular formula is C27H32N2O4S. The molecular weight excluding hydrogens is 448 g/mol. The standard InChI is InChI=1S/C27H32N2O4S/c1-26-11-10-22(31)27(2,16-30)21(26)14-20-24(29-25(34-20)17-7-4-3-5-8-17)19(26)13-23(32)28-15-18-9-6-12-33-18/h3-9,12,19,21-22,30-31H,10-11,13-16H2,1-2H3,(H,28,32)/t19-,21+,22-,26+,27+/m1/s1. The van der Waals surface area contributed by atoms with Crippen LogP contribution in [-0.2, 0) is 17.8 Å². The van der Waals surface area contributed by atoms with Gasteiger partial charge in [-0.1, -0.05) is 44.2 Å². The molecule has 0 saturated heterocycles.